The van der Waals surface area contributed by atoms with Crippen LogP contribution in [0.4, 0.5) is 0 Å². The molecule has 4 rings (SSSR count). The molecule has 138 valence electrons. The number of ether oxygens (including phenoxy) is 2. The molecule has 1 aliphatic heterocycles. The monoisotopic (exact) mass is 355 g/mol. The van der Waals surface area contributed by atoms with Gasteiger partial charge in [-0.25, -0.2) is 0 Å². The summed E-state index contributed by atoms with van der Waals surface area (Å²) < 4.78 is 11.6. The van der Waals surface area contributed by atoms with Gasteiger partial charge in [-0.1, -0.05) is 18.2 Å². The summed E-state index contributed by atoms with van der Waals surface area (Å²) in [6.45, 7) is 2.58. The van der Waals surface area contributed by atoms with Gasteiger partial charge in [0.2, 0.25) is 5.91 Å². The highest BCUT2D eigenvalue weighted by Crippen LogP contribution is 2.28. The zero-order valence-electron chi connectivity index (χ0n) is 14.8. The Morgan fingerprint density at radius 2 is 2.23 bits per heavy atom. The Bertz CT molecular complexity index is 762. The van der Waals surface area contributed by atoms with Gasteiger partial charge >= 0.3 is 0 Å². The molecule has 0 radical (unpaired) electrons. The van der Waals surface area contributed by atoms with Crippen molar-refractivity contribution in [3.05, 3.63) is 36.5 Å². The standard InChI is InChI=1S/C20H25N3O3/c24-20(15-6-7-17-16(13-15)21-9-11-25-17)23-10-12-26-18-5-1-3-14-4-2-8-22-19(14)18/h1-5,8,15-17,21H,6-7,9-13H2,(H,23,24)/t15-,16+,17+/m0/s1. The van der Waals surface area contributed by atoms with E-state index in [-0.39, 0.29) is 17.9 Å². The highest BCUT2D eigenvalue weighted by Gasteiger charge is 2.35. The summed E-state index contributed by atoms with van der Waals surface area (Å²) in [5.41, 5.74) is 0.850. The van der Waals surface area contributed by atoms with Crippen LogP contribution in [0.5, 0.6) is 5.75 Å². The first-order chi connectivity index (χ1) is 12.8. The molecule has 2 heterocycles. The molecule has 2 fully saturated rings. The van der Waals surface area contributed by atoms with Crippen LogP contribution < -0.4 is 15.4 Å². The van der Waals surface area contributed by atoms with Gasteiger partial charge in [-0.3, -0.25) is 9.78 Å². The zero-order chi connectivity index (χ0) is 17.8. The second-order valence-corrected chi connectivity index (χ2v) is 6.95. The fourth-order valence-electron chi connectivity index (χ4n) is 3.92. The van der Waals surface area contributed by atoms with Gasteiger partial charge in [-0.2, -0.15) is 0 Å². The summed E-state index contributed by atoms with van der Waals surface area (Å²) in [6, 6.07) is 10.1. The fourth-order valence-corrected chi connectivity index (χ4v) is 3.92. The average Bonchev–Trinajstić information content (AvgIpc) is 2.70. The number of hydrogen-bond donors (Lipinski definition) is 2. The lowest BCUT2D eigenvalue weighted by Crippen LogP contribution is -2.53. The summed E-state index contributed by atoms with van der Waals surface area (Å²) in [6.07, 6.45) is 4.73. The molecule has 2 aliphatic rings. The van der Waals surface area contributed by atoms with Crippen LogP contribution in [0.1, 0.15) is 19.3 Å². The van der Waals surface area contributed by atoms with Crippen LogP contribution in [0, 0.1) is 5.92 Å². The van der Waals surface area contributed by atoms with Gasteiger partial charge in [-0.05, 0) is 31.4 Å². The van der Waals surface area contributed by atoms with E-state index in [4.69, 9.17) is 9.47 Å². The van der Waals surface area contributed by atoms with Crippen molar-refractivity contribution in [3.8, 4) is 5.75 Å². The smallest absolute Gasteiger partial charge is 0.223 e. The fraction of sp³-hybridized carbons (Fsp3) is 0.500. The molecule has 0 unspecified atom stereocenters. The van der Waals surface area contributed by atoms with E-state index in [2.05, 4.69) is 15.6 Å². The number of nitrogens with zero attached hydrogens (tertiary/aromatic N) is 1. The van der Waals surface area contributed by atoms with Crippen LogP contribution in [0.25, 0.3) is 10.9 Å². The highest BCUT2D eigenvalue weighted by molar-refractivity contribution is 5.84. The maximum Gasteiger partial charge on any atom is 0.223 e. The molecule has 2 N–H and O–H groups in total. The molecule has 26 heavy (non-hydrogen) atoms. The number of carbonyl (C=O) groups is 1. The minimum absolute atomic E-state index is 0.0599. The van der Waals surface area contributed by atoms with E-state index in [0.29, 0.717) is 19.2 Å². The first-order valence-corrected chi connectivity index (χ1v) is 9.40. The van der Waals surface area contributed by atoms with Crippen molar-refractivity contribution < 1.29 is 14.3 Å². The SMILES string of the molecule is O=C(NCCOc1cccc2cccnc12)[C@H]1CC[C@H]2OCCN[C@@H]2C1. The summed E-state index contributed by atoms with van der Waals surface area (Å²) in [5.74, 6) is 0.932. The first kappa shape index (κ1) is 17.2. The molecule has 0 bridgehead atoms. The average molecular weight is 355 g/mol. The van der Waals surface area contributed by atoms with E-state index < -0.39 is 0 Å². The zero-order valence-corrected chi connectivity index (χ0v) is 14.8. The van der Waals surface area contributed by atoms with Gasteiger partial charge in [0.25, 0.3) is 0 Å². The quantitative estimate of drug-likeness (QED) is 0.802. The van der Waals surface area contributed by atoms with E-state index in [1.165, 1.54) is 0 Å². The van der Waals surface area contributed by atoms with Crippen LogP contribution in [0.2, 0.25) is 0 Å². The van der Waals surface area contributed by atoms with E-state index in [0.717, 1.165) is 49.1 Å². The van der Waals surface area contributed by atoms with Gasteiger partial charge in [0.15, 0.2) is 0 Å². The van der Waals surface area contributed by atoms with Crippen molar-refractivity contribution in [2.75, 3.05) is 26.3 Å². The molecular weight excluding hydrogens is 330 g/mol. The Morgan fingerprint density at radius 3 is 3.19 bits per heavy atom. The predicted molar refractivity (Wildman–Crippen MR) is 99.1 cm³/mol. The van der Waals surface area contributed by atoms with Crippen molar-refractivity contribution in [1.82, 2.24) is 15.6 Å². The molecule has 6 nitrogen and oxygen atoms in total. The maximum atomic E-state index is 12.4. The number of rotatable bonds is 5. The van der Waals surface area contributed by atoms with Crippen molar-refractivity contribution >= 4 is 16.8 Å². The second-order valence-electron chi connectivity index (χ2n) is 6.95. The van der Waals surface area contributed by atoms with Gasteiger partial charge in [0, 0.05) is 30.1 Å². The Hall–Kier alpha value is -2.18. The number of benzene rings is 1. The third-order valence-electron chi connectivity index (χ3n) is 5.25. The Morgan fingerprint density at radius 1 is 1.31 bits per heavy atom. The normalized spacial score (nSPS) is 25.5. The molecule has 1 aromatic carbocycles. The minimum Gasteiger partial charge on any atom is -0.489 e. The van der Waals surface area contributed by atoms with Crippen LogP contribution >= 0.6 is 0 Å². The molecule has 1 aliphatic carbocycles. The Balaban J connectivity index is 1.25. The molecule has 0 spiro atoms. The van der Waals surface area contributed by atoms with Gasteiger partial charge in [-0.15, -0.1) is 0 Å². The molecule has 3 atom stereocenters. The van der Waals surface area contributed by atoms with E-state index in [1.807, 2.05) is 30.3 Å². The second kappa shape index (κ2) is 8.01. The molecule has 1 amide bonds. The van der Waals surface area contributed by atoms with Crippen LogP contribution in [0.3, 0.4) is 0 Å². The Labute approximate surface area is 153 Å². The van der Waals surface area contributed by atoms with Crippen LogP contribution in [0.15, 0.2) is 36.5 Å². The number of carbonyl (C=O) groups excluding carboxylic acids is 1. The molecule has 1 saturated carbocycles. The minimum atomic E-state index is 0.0599. The Kier molecular flexibility index (Phi) is 5.32. The van der Waals surface area contributed by atoms with Crippen molar-refractivity contribution in [1.29, 1.82) is 0 Å². The van der Waals surface area contributed by atoms with E-state index in [1.54, 1.807) is 6.20 Å². The molecule has 1 saturated heterocycles. The largest absolute Gasteiger partial charge is 0.489 e. The number of hydrogen-bond acceptors (Lipinski definition) is 5. The van der Waals surface area contributed by atoms with Crippen LogP contribution in [-0.2, 0) is 9.53 Å². The maximum absolute atomic E-state index is 12.4. The number of nitrogens with one attached hydrogen (secondary N) is 2. The van der Waals surface area contributed by atoms with E-state index >= 15 is 0 Å². The lowest BCUT2D eigenvalue weighted by molar-refractivity contribution is -0.128. The summed E-state index contributed by atoms with van der Waals surface area (Å²) in [5, 5.41) is 7.54. The predicted octanol–water partition coefficient (Wildman–Crippen LogP) is 1.89. The number of para-hydroxylation sites is 1. The van der Waals surface area contributed by atoms with Gasteiger partial charge < -0.3 is 20.1 Å². The van der Waals surface area contributed by atoms with E-state index in [9.17, 15) is 4.79 Å². The summed E-state index contributed by atoms with van der Waals surface area (Å²) >= 11 is 0. The van der Waals surface area contributed by atoms with Crippen LogP contribution in [-0.4, -0.2) is 49.3 Å². The van der Waals surface area contributed by atoms with Gasteiger partial charge in [0.05, 0.1) is 19.3 Å². The topological polar surface area (TPSA) is 72.5 Å². The van der Waals surface area contributed by atoms with Crippen molar-refractivity contribution in [3.63, 3.8) is 0 Å². The third kappa shape index (κ3) is 3.81. The number of fused-ring (bicyclic) bond motifs is 2. The highest BCUT2D eigenvalue weighted by atomic mass is 16.5. The molecule has 1 aromatic heterocycles. The number of morpholine rings is 1. The number of aromatic nitrogens is 1. The summed E-state index contributed by atoms with van der Waals surface area (Å²) in [4.78, 5) is 16.8. The lowest BCUT2D eigenvalue weighted by Gasteiger charge is -2.39. The number of pyridine rings is 1. The number of amides is 1. The summed E-state index contributed by atoms with van der Waals surface area (Å²) in [7, 11) is 0. The molecule has 2 aromatic rings. The van der Waals surface area contributed by atoms with Crippen molar-refractivity contribution in [2.45, 2.75) is 31.4 Å². The molecular formula is C20H25N3O3. The third-order valence-corrected chi connectivity index (χ3v) is 5.25. The lowest BCUT2D eigenvalue weighted by atomic mass is 9.82. The first-order valence-electron chi connectivity index (χ1n) is 9.40. The van der Waals surface area contributed by atoms with Gasteiger partial charge in [0.1, 0.15) is 17.9 Å². The van der Waals surface area contributed by atoms with Crippen molar-refractivity contribution in [2.24, 2.45) is 5.92 Å². The molecule has 6 heteroatoms.